The highest BCUT2D eigenvalue weighted by Gasteiger charge is 2.25. The van der Waals surface area contributed by atoms with E-state index in [0.29, 0.717) is 23.9 Å². The van der Waals surface area contributed by atoms with Crippen molar-refractivity contribution in [1.29, 1.82) is 0 Å². The second-order valence-electron chi connectivity index (χ2n) is 21.6. The first-order chi connectivity index (χ1) is 36.6. The number of aliphatic carboxylic acids is 1. The Morgan fingerprint density at radius 1 is 0.413 bits per heavy atom. The van der Waals surface area contributed by atoms with E-state index in [1.54, 1.807) is 0 Å². The van der Waals surface area contributed by atoms with E-state index in [1.807, 2.05) is 21.1 Å². The summed E-state index contributed by atoms with van der Waals surface area (Å²) in [6.07, 6.45) is 72.3. The quantitative estimate of drug-likeness (QED) is 0.0211. The minimum Gasteiger partial charge on any atom is -0.477 e. The van der Waals surface area contributed by atoms with Crippen molar-refractivity contribution >= 4 is 17.9 Å². The SMILES string of the molecule is CC/C=C\C/C=C\C/C=C\C/C=C\C/C=C\C/C=C\C/C=C\CCCCCCCCCCCCCC(=O)OC(COC(=O)CCCCCCCCCCCCCCCCCCC)COC(OCC[N+](C)(C)C)C(=O)O. The lowest BCUT2D eigenvalue weighted by Crippen LogP contribution is -2.40. The standard InChI is InChI=1S/C66H115NO8/c1-6-8-10-12-14-16-18-20-22-24-25-26-27-28-29-30-31-32-33-34-35-36-37-38-39-41-43-45-47-49-51-53-55-57-64(69)75-62(61-74-66(65(70)71)72-59-58-67(3,4)5)60-73-63(68)56-54-52-50-48-46-44-42-40-23-21-19-17-15-13-11-9-7-2/h8,10,14,16,20,22,25-26,28-29,31-32,34-35,62,66H,6-7,9,11-13,15,17-19,21,23-24,27,30,33,36-61H2,1-5H3/p+1/b10-8-,16-14-,22-20-,26-25-,29-28-,32-31-,35-34-. The van der Waals surface area contributed by atoms with Crippen molar-refractivity contribution in [3.8, 4) is 0 Å². The second kappa shape index (κ2) is 56.7. The van der Waals surface area contributed by atoms with Gasteiger partial charge in [0.05, 0.1) is 34.4 Å². The number of carbonyl (C=O) groups is 3. The summed E-state index contributed by atoms with van der Waals surface area (Å²) in [6.45, 7) is 4.78. The van der Waals surface area contributed by atoms with Gasteiger partial charge in [-0.05, 0) is 70.6 Å². The molecule has 75 heavy (non-hydrogen) atoms. The van der Waals surface area contributed by atoms with Gasteiger partial charge in [0.1, 0.15) is 13.2 Å². The molecular formula is C66H116NO8+. The van der Waals surface area contributed by atoms with E-state index in [1.165, 1.54) is 135 Å². The van der Waals surface area contributed by atoms with Crippen LogP contribution in [0.25, 0.3) is 0 Å². The third-order valence-electron chi connectivity index (χ3n) is 13.2. The van der Waals surface area contributed by atoms with E-state index in [9.17, 15) is 19.5 Å². The number of quaternary nitrogens is 1. The molecule has 0 saturated heterocycles. The molecule has 9 heteroatoms. The number of rotatable bonds is 56. The van der Waals surface area contributed by atoms with Crippen LogP contribution in [-0.4, -0.2) is 87.4 Å². The first-order valence-corrected chi connectivity index (χ1v) is 30.8. The molecule has 0 fully saturated rings. The van der Waals surface area contributed by atoms with Gasteiger partial charge in [0.2, 0.25) is 0 Å². The maximum atomic E-state index is 12.9. The van der Waals surface area contributed by atoms with Crippen molar-refractivity contribution in [2.75, 3.05) is 47.5 Å². The maximum absolute atomic E-state index is 12.9. The van der Waals surface area contributed by atoms with Gasteiger partial charge in [-0.3, -0.25) is 9.59 Å². The minimum atomic E-state index is -1.51. The molecule has 2 unspecified atom stereocenters. The molecule has 0 spiro atoms. The molecule has 0 amide bonds. The fourth-order valence-corrected chi connectivity index (χ4v) is 8.47. The molecule has 0 heterocycles. The molecule has 0 aromatic carbocycles. The summed E-state index contributed by atoms with van der Waals surface area (Å²) in [5.74, 6) is -2.00. The van der Waals surface area contributed by atoms with Gasteiger partial charge in [0.25, 0.3) is 6.29 Å². The predicted octanol–water partition coefficient (Wildman–Crippen LogP) is 18.3. The van der Waals surface area contributed by atoms with Crippen LogP contribution in [0.2, 0.25) is 0 Å². The van der Waals surface area contributed by atoms with E-state index < -0.39 is 24.3 Å². The van der Waals surface area contributed by atoms with Gasteiger partial charge in [-0.15, -0.1) is 0 Å². The summed E-state index contributed by atoms with van der Waals surface area (Å²) >= 11 is 0. The zero-order valence-electron chi connectivity index (χ0n) is 49.2. The fraction of sp³-hybridized carbons (Fsp3) is 0.742. The molecule has 1 N–H and O–H groups in total. The van der Waals surface area contributed by atoms with E-state index in [0.717, 1.165) is 89.9 Å². The summed E-state index contributed by atoms with van der Waals surface area (Å²) < 4.78 is 22.9. The molecule has 0 aliphatic carbocycles. The van der Waals surface area contributed by atoms with Gasteiger partial charge >= 0.3 is 17.9 Å². The zero-order chi connectivity index (χ0) is 54.8. The summed E-state index contributed by atoms with van der Waals surface area (Å²) in [6, 6.07) is 0. The van der Waals surface area contributed by atoms with Gasteiger partial charge in [-0.1, -0.05) is 259 Å². The number of nitrogens with zero attached hydrogens (tertiary/aromatic N) is 1. The normalized spacial score (nSPS) is 13.3. The van der Waals surface area contributed by atoms with Crippen molar-refractivity contribution < 1.29 is 42.9 Å². The fourth-order valence-electron chi connectivity index (χ4n) is 8.47. The Morgan fingerprint density at radius 3 is 1.13 bits per heavy atom. The van der Waals surface area contributed by atoms with Crippen molar-refractivity contribution in [1.82, 2.24) is 0 Å². The van der Waals surface area contributed by atoms with Crippen molar-refractivity contribution in [3.63, 3.8) is 0 Å². The first kappa shape index (κ1) is 71.5. The minimum absolute atomic E-state index is 0.183. The van der Waals surface area contributed by atoms with Crippen LogP contribution >= 0.6 is 0 Å². The largest absolute Gasteiger partial charge is 0.477 e. The summed E-state index contributed by atoms with van der Waals surface area (Å²) in [4.78, 5) is 37.5. The number of carboxylic acid groups (broad SMARTS) is 1. The highest BCUT2D eigenvalue weighted by Crippen LogP contribution is 2.17. The average molecular weight is 1050 g/mol. The van der Waals surface area contributed by atoms with Crippen LogP contribution in [-0.2, 0) is 33.3 Å². The van der Waals surface area contributed by atoms with Crippen LogP contribution in [0.5, 0.6) is 0 Å². The Bertz CT molecular complexity index is 1500. The molecule has 0 aliphatic heterocycles. The van der Waals surface area contributed by atoms with Crippen LogP contribution in [0.15, 0.2) is 85.1 Å². The smallest absolute Gasteiger partial charge is 0.361 e. The van der Waals surface area contributed by atoms with Crippen molar-refractivity contribution in [2.45, 2.75) is 270 Å². The number of carboxylic acids is 1. The Kier molecular flexibility index (Phi) is 54.0. The molecule has 9 nitrogen and oxygen atoms in total. The van der Waals surface area contributed by atoms with Gasteiger partial charge < -0.3 is 28.5 Å². The number of likely N-dealkylation sites (N-methyl/N-ethyl adjacent to an activating group) is 1. The van der Waals surface area contributed by atoms with E-state index in [2.05, 4.69) is 98.9 Å². The van der Waals surface area contributed by atoms with Gasteiger partial charge in [0.15, 0.2) is 6.10 Å². The number of carbonyl (C=O) groups excluding carboxylic acids is 2. The topological polar surface area (TPSA) is 108 Å². The Hall–Kier alpha value is -3.53. The average Bonchev–Trinajstić information content (AvgIpc) is 3.38. The highest BCUT2D eigenvalue weighted by atomic mass is 16.7. The van der Waals surface area contributed by atoms with Crippen LogP contribution in [0, 0.1) is 0 Å². The number of esters is 2. The first-order valence-electron chi connectivity index (χ1n) is 30.8. The lowest BCUT2D eigenvalue weighted by atomic mass is 10.0. The number of hydrogen-bond acceptors (Lipinski definition) is 7. The molecule has 0 aromatic rings. The highest BCUT2D eigenvalue weighted by molar-refractivity contribution is 5.71. The third-order valence-corrected chi connectivity index (χ3v) is 13.2. The molecule has 0 bridgehead atoms. The second-order valence-corrected chi connectivity index (χ2v) is 21.6. The number of hydrogen-bond donors (Lipinski definition) is 1. The van der Waals surface area contributed by atoms with Crippen LogP contribution in [0.3, 0.4) is 0 Å². The molecule has 0 aliphatic rings. The van der Waals surface area contributed by atoms with Crippen molar-refractivity contribution in [2.24, 2.45) is 0 Å². The number of unbranched alkanes of at least 4 members (excludes halogenated alkanes) is 27. The van der Waals surface area contributed by atoms with E-state index in [4.69, 9.17) is 18.9 Å². The van der Waals surface area contributed by atoms with Gasteiger partial charge in [-0.2, -0.15) is 0 Å². The van der Waals surface area contributed by atoms with Gasteiger partial charge in [0, 0.05) is 12.8 Å². The van der Waals surface area contributed by atoms with Crippen LogP contribution < -0.4 is 0 Å². The van der Waals surface area contributed by atoms with E-state index >= 15 is 0 Å². The molecule has 0 rings (SSSR count). The third kappa shape index (κ3) is 58.0. The number of allylic oxidation sites excluding steroid dienone is 14. The van der Waals surface area contributed by atoms with Crippen LogP contribution in [0.4, 0.5) is 0 Å². The summed E-state index contributed by atoms with van der Waals surface area (Å²) in [5.41, 5.74) is 0. The Labute approximate surface area is 461 Å². The molecular weight excluding hydrogens is 935 g/mol. The lowest BCUT2D eigenvalue weighted by molar-refractivity contribution is -0.870. The summed E-state index contributed by atoms with van der Waals surface area (Å²) in [7, 11) is 5.97. The Morgan fingerprint density at radius 2 is 0.760 bits per heavy atom. The molecule has 432 valence electrons. The Balaban J connectivity index is 4.18. The molecule has 0 saturated carbocycles. The molecule has 0 radical (unpaired) electrons. The van der Waals surface area contributed by atoms with Crippen molar-refractivity contribution in [3.05, 3.63) is 85.1 Å². The number of ether oxygens (including phenoxy) is 4. The summed E-state index contributed by atoms with van der Waals surface area (Å²) in [5, 5.41) is 9.71. The predicted molar refractivity (Wildman–Crippen MR) is 318 cm³/mol. The van der Waals surface area contributed by atoms with E-state index in [-0.39, 0.29) is 32.2 Å². The maximum Gasteiger partial charge on any atom is 0.361 e. The van der Waals surface area contributed by atoms with Crippen LogP contribution in [0.1, 0.15) is 258 Å². The molecule has 0 aromatic heterocycles. The monoisotopic (exact) mass is 1050 g/mol. The van der Waals surface area contributed by atoms with Gasteiger partial charge in [-0.25, -0.2) is 4.79 Å². The lowest BCUT2D eigenvalue weighted by Gasteiger charge is -2.25. The zero-order valence-corrected chi connectivity index (χ0v) is 49.2. The molecule has 2 atom stereocenters.